The molecule has 0 bridgehead atoms. The van der Waals surface area contributed by atoms with E-state index in [1.807, 2.05) is 24.3 Å². The summed E-state index contributed by atoms with van der Waals surface area (Å²) in [6.45, 7) is 0. The lowest BCUT2D eigenvalue weighted by molar-refractivity contribution is 0.0952. The highest BCUT2D eigenvalue weighted by Gasteiger charge is 2.09. The zero-order chi connectivity index (χ0) is 14.4. The first-order chi connectivity index (χ1) is 9.70. The second-order valence-electron chi connectivity index (χ2n) is 3.95. The summed E-state index contributed by atoms with van der Waals surface area (Å²) >= 11 is 3.37. The average Bonchev–Trinajstić information content (AvgIpc) is 2.47. The van der Waals surface area contributed by atoms with E-state index < -0.39 is 0 Å². The number of nitrogens with one attached hydrogen (secondary N) is 1. The van der Waals surface area contributed by atoms with Gasteiger partial charge in [-0.3, -0.25) is 4.79 Å². The Kier molecular flexibility index (Phi) is 4.90. The maximum Gasteiger partial charge on any atom is 0.275 e. The van der Waals surface area contributed by atoms with Crippen LogP contribution in [0, 0.1) is 0 Å². The topological polar surface area (TPSA) is 50.7 Å². The number of methoxy groups -OCH3 is 1. The Hall–Kier alpha value is -2.14. The number of carbonyl (C=O) groups excluding carboxylic acids is 1. The van der Waals surface area contributed by atoms with E-state index in [9.17, 15) is 4.79 Å². The first-order valence-electron chi connectivity index (χ1n) is 5.92. The number of rotatable bonds is 4. The van der Waals surface area contributed by atoms with Gasteiger partial charge in [0.2, 0.25) is 0 Å². The Morgan fingerprint density at radius 3 is 2.80 bits per heavy atom. The summed E-state index contributed by atoms with van der Waals surface area (Å²) < 4.78 is 6.08. The minimum absolute atomic E-state index is 0.311. The summed E-state index contributed by atoms with van der Waals surface area (Å²) in [5.41, 5.74) is 3.81. The van der Waals surface area contributed by atoms with Gasteiger partial charge in [-0.25, -0.2) is 5.43 Å². The molecule has 0 aliphatic heterocycles. The van der Waals surface area contributed by atoms with E-state index in [1.54, 1.807) is 30.5 Å². The molecule has 2 aromatic rings. The van der Waals surface area contributed by atoms with Gasteiger partial charge in [-0.1, -0.05) is 40.2 Å². The van der Waals surface area contributed by atoms with Gasteiger partial charge in [-0.15, -0.1) is 0 Å². The van der Waals surface area contributed by atoms with Crippen molar-refractivity contribution in [1.82, 2.24) is 5.43 Å². The third kappa shape index (κ3) is 3.68. The van der Waals surface area contributed by atoms with Crippen molar-refractivity contribution in [1.29, 1.82) is 0 Å². The molecule has 0 aliphatic rings. The lowest BCUT2D eigenvalue weighted by atomic mass is 10.2. The molecule has 0 saturated carbocycles. The van der Waals surface area contributed by atoms with Crippen molar-refractivity contribution >= 4 is 28.1 Å². The Labute approximate surface area is 125 Å². The van der Waals surface area contributed by atoms with E-state index in [-0.39, 0.29) is 5.91 Å². The maximum absolute atomic E-state index is 12.0. The fraction of sp³-hybridized carbons (Fsp3) is 0.0667. The fourth-order valence-corrected chi connectivity index (χ4v) is 2.06. The lowest BCUT2D eigenvalue weighted by Crippen LogP contribution is -2.18. The Morgan fingerprint density at radius 1 is 1.25 bits per heavy atom. The molecule has 0 saturated heterocycles. The molecule has 0 heterocycles. The number of hydrogen-bond acceptors (Lipinski definition) is 3. The van der Waals surface area contributed by atoms with Crippen LogP contribution in [0.2, 0.25) is 0 Å². The lowest BCUT2D eigenvalue weighted by Gasteiger charge is -2.05. The van der Waals surface area contributed by atoms with Gasteiger partial charge in [0, 0.05) is 4.47 Å². The van der Waals surface area contributed by atoms with Gasteiger partial charge in [0.05, 0.1) is 18.9 Å². The van der Waals surface area contributed by atoms with Crippen LogP contribution in [0.15, 0.2) is 58.1 Å². The summed E-state index contributed by atoms with van der Waals surface area (Å²) in [5, 5.41) is 3.93. The number of hydrazone groups is 1. The molecule has 0 aliphatic carbocycles. The SMILES string of the molecule is COc1ccccc1C(=O)N/N=C/c1cccc(Br)c1. The third-order valence-corrected chi connectivity index (χ3v) is 3.07. The van der Waals surface area contributed by atoms with Gasteiger partial charge >= 0.3 is 0 Å². The third-order valence-electron chi connectivity index (χ3n) is 2.58. The summed E-state index contributed by atoms with van der Waals surface area (Å²) in [7, 11) is 1.52. The zero-order valence-electron chi connectivity index (χ0n) is 10.8. The molecule has 2 rings (SSSR count). The maximum atomic E-state index is 12.0. The molecule has 1 N–H and O–H groups in total. The average molecular weight is 333 g/mol. The minimum atomic E-state index is -0.311. The van der Waals surface area contributed by atoms with E-state index in [0.29, 0.717) is 11.3 Å². The highest BCUT2D eigenvalue weighted by atomic mass is 79.9. The number of amides is 1. The zero-order valence-corrected chi connectivity index (χ0v) is 12.4. The van der Waals surface area contributed by atoms with E-state index in [1.165, 1.54) is 7.11 Å². The van der Waals surface area contributed by atoms with Gasteiger partial charge in [0.25, 0.3) is 5.91 Å². The predicted molar refractivity (Wildman–Crippen MR) is 82.2 cm³/mol. The molecule has 4 nitrogen and oxygen atoms in total. The molecule has 2 aromatic carbocycles. The molecule has 102 valence electrons. The quantitative estimate of drug-likeness (QED) is 0.690. The summed E-state index contributed by atoms with van der Waals surface area (Å²) in [4.78, 5) is 12.0. The standard InChI is InChI=1S/C15H13BrN2O2/c1-20-14-8-3-2-7-13(14)15(19)18-17-10-11-5-4-6-12(16)9-11/h2-10H,1H3,(H,18,19)/b17-10+. The first kappa shape index (κ1) is 14.3. The van der Waals surface area contributed by atoms with Crippen molar-refractivity contribution in [2.75, 3.05) is 7.11 Å². The highest BCUT2D eigenvalue weighted by molar-refractivity contribution is 9.10. The van der Waals surface area contributed by atoms with Gasteiger partial charge in [0.1, 0.15) is 5.75 Å². The molecule has 0 radical (unpaired) electrons. The molecule has 0 atom stereocenters. The van der Waals surface area contributed by atoms with Gasteiger partial charge < -0.3 is 4.74 Å². The number of halogens is 1. The number of benzene rings is 2. The predicted octanol–water partition coefficient (Wildman–Crippen LogP) is 3.22. The van der Waals surface area contributed by atoms with Crippen molar-refractivity contribution in [3.63, 3.8) is 0 Å². The smallest absolute Gasteiger partial charge is 0.275 e. The number of hydrogen-bond donors (Lipinski definition) is 1. The van der Waals surface area contributed by atoms with Crippen molar-refractivity contribution in [3.8, 4) is 5.75 Å². The van der Waals surface area contributed by atoms with E-state index >= 15 is 0 Å². The number of ether oxygens (including phenoxy) is 1. The molecular formula is C15H13BrN2O2. The summed E-state index contributed by atoms with van der Waals surface area (Å²) in [5.74, 6) is 0.205. The van der Waals surface area contributed by atoms with Crippen LogP contribution in [0.25, 0.3) is 0 Å². The number of carbonyl (C=O) groups is 1. The molecule has 1 amide bonds. The van der Waals surface area contributed by atoms with E-state index in [0.717, 1.165) is 10.0 Å². The van der Waals surface area contributed by atoms with Gasteiger partial charge in [0.15, 0.2) is 0 Å². The Morgan fingerprint density at radius 2 is 2.05 bits per heavy atom. The molecule has 0 unspecified atom stereocenters. The van der Waals surface area contributed by atoms with Crippen molar-refractivity contribution < 1.29 is 9.53 Å². The molecular weight excluding hydrogens is 320 g/mol. The molecule has 0 spiro atoms. The van der Waals surface area contributed by atoms with E-state index in [2.05, 4.69) is 26.5 Å². The van der Waals surface area contributed by atoms with Crippen LogP contribution in [0.4, 0.5) is 0 Å². The Balaban J connectivity index is 2.05. The molecule has 0 fully saturated rings. The van der Waals surface area contributed by atoms with Crippen molar-refractivity contribution in [2.45, 2.75) is 0 Å². The van der Waals surface area contributed by atoms with Gasteiger partial charge in [-0.05, 0) is 29.8 Å². The van der Waals surface area contributed by atoms with Crippen LogP contribution >= 0.6 is 15.9 Å². The number of nitrogens with zero attached hydrogens (tertiary/aromatic N) is 1. The molecule has 5 heteroatoms. The van der Waals surface area contributed by atoms with E-state index in [4.69, 9.17) is 4.74 Å². The second-order valence-corrected chi connectivity index (χ2v) is 4.87. The summed E-state index contributed by atoms with van der Waals surface area (Å²) in [6.07, 6.45) is 1.58. The second kappa shape index (κ2) is 6.86. The van der Waals surface area contributed by atoms with Crippen LogP contribution in [-0.2, 0) is 0 Å². The number of para-hydroxylation sites is 1. The monoisotopic (exact) mass is 332 g/mol. The Bertz CT molecular complexity index is 641. The highest BCUT2D eigenvalue weighted by Crippen LogP contribution is 2.16. The fourth-order valence-electron chi connectivity index (χ4n) is 1.64. The van der Waals surface area contributed by atoms with Crippen LogP contribution in [-0.4, -0.2) is 19.2 Å². The van der Waals surface area contributed by atoms with Crippen molar-refractivity contribution in [2.24, 2.45) is 5.10 Å². The normalized spacial score (nSPS) is 10.5. The minimum Gasteiger partial charge on any atom is -0.496 e. The van der Waals surface area contributed by atoms with Crippen LogP contribution in [0.1, 0.15) is 15.9 Å². The molecule has 20 heavy (non-hydrogen) atoms. The summed E-state index contributed by atoms with van der Waals surface area (Å²) in [6, 6.07) is 14.6. The van der Waals surface area contributed by atoms with Crippen LogP contribution in [0.3, 0.4) is 0 Å². The van der Waals surface area contributed by atoms with Gasteiger partial charge in [-0.2, -0.15) is 5.10 Å². The van der Waals surface area contributed by atoms with Crippen LogP contribution in [0.5, 0.6) is 5.75 Å². The van der Waals surface area contributed by atoms with Crippen molar-refractivity contribution in [3.05, 3.63) is 64.1 Å². The molecule has 0 aromatic heterocycles. The largest absolute Gasteiger partial charge is 0.496 e. The first-order valence-corrected chi connectivity index (χ1v) is 6.72. The van der Waals surface area contributed by atoms with Crippen LogP contribution < -0.4 is 10.2 Å².